The summed E-state index contributed by atoms with van der Waals surface area (Å²) in [5, 5.41) is 0. The topological polar surface area (TPSA) is 38.5 Å². The van der Waals surface area contributed by atoms with E-state index in [2.05, 4.69) is 32.6 Å². The molecular formula is C12H26N2O. The van der Waals surface area contributed by atoms with Gasteiger partial charge in [0.25, 0.3) is 0 Å². The van der Waals surface area contributed by atoms with E-state index in [4.69, 9.17) is 10.5 Å². The highest BCUT2D eigenvalue weighted by Crippen LogP contribution is 2.19. The quantitative estimate of drug-likeness (QED) is 0.773. The smallest absolute Gasteiger partial charge is 0.0700 e. The predicted octanol–water partition coefficient (Wildman–Crippen LogP) is 1.47. The third-order valence-electron chi connectivity index (χ3n) is 3.25. The number of hydrogen-bond donors (Lipinski definition) is 1. The van der Waals surface area contributed by atoms with Crippen LogP contribution in [0.5, 0.6) is 0 Å². The van der Waals surface area contributed by atoms with Crippen molar-refractivity contribution in [3.63, 3.8) is 0 Å². The normalized spacial score (nSPS) is 26.6. The minimum atomic E-state index is 0.194. The van der Waals surface area contributed by atoms with E-state index in [1.165, 1.54) is 0 Å². The SMILES string of the molecule is CCC1CN(CC(N)C(C)(C)C)CCO1. The minimum absolute atomic E-state index is 0.194. The third-order valence-corrected chi connectivity index (χ3v) is 3.25. The molecule has 0 radical (unpaired) electrons. The average molecular weight is 214 g/mol. The Balaban J connectivity index is 2.38. The van der Waals surface area contributed by atoms with E-state index in [1.807, 2.05) is 0 Å². The molecule has 0 aromatic rings. The highest BCUT2D eigenvalue weighted by Gasteiger charge is 2.26. The van der Waals surface area contributed by atoms with Crippen molar-refractivity contribution in [3.05, 3.63) is 0 Å². The molecule has 0 aliphatic carbocycles. The van der Waals surface area contributed by atoms with Crippen LogP contribution in [0.4, 0.5) is 0 Å². The fourth-order valence-electron chi connectivity index (χ4n) is 1.75. The monoisotopic (exact) mass is 214 g/mol. The van der Waals surface area contributed by atoms with Gasteiger partial charge in [-0.3, -0.25) is 4.90 Å². The number of nitrogens with zero attached hydrogens (tertiary/aromatic N) is 1. The number of ether oxygens (including phenoxy) is 1. The lowest BCUT2D eigenvalue weighted by molar-refractivity contribution is -0.0341. The molecule has 2 unspecified atom stereocenters. The largest absolute Gasteiger partial charge is 0.376 e. The zero-order chi connectivity index (χ0) is 11.5. The Morgan fingerprint density at radius 1 is 1.47 bits per heavy atom. The van der Waals surface area contributed by atoms with Crippen molar-refractivity contribution in [3.8, 4) is 0 Å². The van der Waals surface area contributed by atoms with E-state index < -0.39 is 0 Å². The molecule has 3 nitrogen and oxygen atoms in total. The molecule has 90 valence electrons. The van der Waals surface area contributed by atoms with E-state index in [-0.39, 0.29) is 11.5 Å². The van der Waals surface area contributed by atoms with Gasteiger partial charge in [-0.2, -0.15) is 0 Å². The Kier molecular flexibility index (Phi) is 4.56. The summed E-state index contributed by atoms with van der Waals surface area (Å²) in [6.07, 6.45) is 1.51. The van der Waals surface area contributed by atoms with Crippen LogP contribution in [0.1, 0.15) is 34.1 Å². The number of nitrogens with two attached hydrogens (primary N) is 1. The Bertz CT molecular complexity index is 189. The van der Waals surface area contributed by atoms with Crippen LogP contribution < -0.4 is 5.73 Å². The number of rotatable bonds is 3. The lowest BCUT2D eigenvalue weighted by Gasteiger charge is -2.37. The molecule has 1 rings (SSSR count). The molecule has 3 heteroatoms. The first-order chi connectivity index (χ1) is 6.93. The van der Waals surface area contributed by atoms with Crippen LogP contribution in [-0.2, 0) is 4.74 Å². The summed E-state index contributed by atoms with van der Waals surface area (Å²) in [5.74, 6) is 0. The van der Waals surface area contributed by atoms with E-state index >= 15 is 0 Å². The third kappa shape index (κ3) is 4.09. The fourth-order valence-corrected chi connectivity index (χ4v) is 1.75. The molecule has 0 saturated carbocycles. The lowest BCUT2D eigenvalue weighted by Crippen LogP contribution is -2.50. The van der Waals surface area contributed by atoms with Gasteiger partial charge >= 0.3 is 0 Å². The van der Waals surface area contributed by atoms with Crippen molar-refractivity contribution in [2.24, 2.45) is 11.1 Å². The molecule has 0 aromatic carbocycles. The van der Waals surface area contributed by atoms with Gasteiger partial charge in [0, 0.05) is 25.7 Å². The van der Waals surface area contributed by atoms with Crippen LogP contribution in [0.25, 0.3) is 0 Å². The standard InChI is InChI=1S/C12H26N2O/c1-5-10-8-14(6-7-15-10)9-11(13)12(2,3)4/h10-11H,5-9,13H2,1-4H3. The van der Waals surface area contributed by atoms with Gasteiger partial charge in [-0.15, -0.1) is 0 Å². The molecule has 1 fully saturated rings. The van der Waals surface area contributed by atoms with Crippen LogP contribution in [0.3, 0.4) is 0 Å². The second-order valence-corrected chi connectivity index (χ2v) is 5.63. The highest BCUT2D eigenvalue weighted by atomic mass is 16.5. The van der Waals surface area contributed by atoms with Gasteiger partial charge in [-0.05, 0) is 11.8 Å². The maximum atomic E-state index is 6.19. The first kappa shape index (κ1) is 12.9. The van der Waals surface area contributed by atoms with Crippen LogP contribution in [0.2, 0.25) is 0 Å². The van der Waals surface area contributed by atoms with Crippen molar-refractivity contribution in [2.75, 3.05) is 26.2 Å². The van der Waals surface area contributed by atoms with Crippen molar-refractivity contribution in [2.45, 2.75) is 46.3 Å². The molecule has 1 aliphatic rings. The van der Waals surface area contributed by atoms with Gasteiger partial charge in [-0.1, -0.05) is 27.7 Å². The minimum Gasteiger partial charge on any atom is -0.376 e. The molecule has 1 heterocycles. The molecule has 0 spiro atoms. The second kappa shape index (κ2) is 5.28. The fraction of sp³-hybridized carbons (Fsp3) is 1.00. The molecule has 2 N–H and O–H groups in total. The summed E-state index contributed by atoms with van der Waals surface area (Å²) in [7, 11) is 0. The molecule has 0 amide bonds. The maximum Gasteiger partial charge on any atom is 0.0700 e. The molecule has 0 aromatic heterocycles. The molecule has 1 aliphatic heterocycles. The Morgan fingerprint density at radius 2 is 2.13 bits per heavy atom. The summed E-state index contributed by atoms with van der Waals surface area (Å²) < 4.78 is 5.64. The summed E-state index contributed by atoms with van der Waals surface area (Å²) in [6, 6.07) is 0.244. The van der Waals surface area contributed by atoms with Crippen molar-refractivity contribution in [1.29, 1.82) is 0 Å². The van der Waals surface area contributed by atoms with Gasteiger partial charge in [0.15, 0.2) is 0 Å². The van der Waals surface area contributed by atoms with Crippen LogP contribution >= 0.6 is 0 Å². The van der Waals surface area contributed by atoms with Crippen LogP contribution in [-0.4, -0.2) is 43.3 Å². The lowest BCUT2D eigenvalue weighted by atomic mass is 9.87. The van der Waals surface area contributed by atoms with E-state index in [9.17, 15) is 0 Å². The Labute approximate surface area is 94.0 Å². The number of hydrogen-bond acceptors (Lipinski definition) is 3. The molecule has 0 bridgehead atoms. The molecule has 15 heavy (non-hydrogen) atoms. The second-order valence-electron chi connectivity index (χ2n) is 5.63. The first-order valence-corrected chi connectivity index (χ1v) is 6.03. The zero-order valence-corrected chi connectivity index (χ0v) is 10.6. The Hall–Kier alpha value is -0.120. The molecular weight excluding hydrogens is 188 g/mol. The van der Waals surface area contributed by atoms with Gasteiger partial charge < -0.3 is 10.5 Å². The predicted molar refractivity (Wildman–Crippen MR) is 63.9 cm³/mol. The first-order valence-electron chi connectivity index (χ1n) is 6.03. The van der Waals surface area contributed by atoms with Crippen molar-refractivity contribution >= 4 is 0 Å². The van der Waals surface area contributed by atoms with E-state index in [0.717, 1.165) is 32.7 Å². The van der Waals surface area contributed by atoms with Crippen LogP contribution in [0.15, 0.2) is 0 Å². The number of morpholine rings is 1. The Morgan fingerprint density at radius 3 is 2.67 bits per heavy atom. The van der Waals surface area contributed by atoms with E-state index in [0.29, 0.717) is 6.10 Å². The molecule has 1 saturated heterocycles. The van der Waals surface area contributed by atoms with Gasteiger partial charge in [-0.25, -0.2) is 0 Å². The average Bonchev–Trinajstić information content (AvgIpc) is 2.16. The van der Waals surface area contributed by atoms with Gasteiger partial charge in [0.05, 0.1) is 12.7 Å². The summed E-state index contributed by atoms with van der Waals surface area (Å²) in [6.45, 7) is 12.7. The van der Waals surface area contributed by atoms with Crippen molar-refractivity contribution in [1.82, 2.24) is 4.90 Å². The highest BCUT2D eigenvalue weighted by molar-refractivity contribution is 4.82. The maximum absolute atomic E-state index is 6.19. The van der Waals surface area contributed by atoms with E-state index in [1.54, 1.807) is 0 Å². The van der Waals surface area contributed by atoms with Crippen molar-refractivity contribution < 1.29 is 4.74 Å². The summed E-state index contributed by atoms with van der Waals surface area (Å²) in [4.78, 5) is 2.44. The van der Waals surface area contributed by atoms with Crippen LogP contribution in [0, 0.1) is 5.41 Å². The molecule has 2 atom stereocenters. The zero-order valence-electron chi connectivity index (χ0n) is 10.6. The van der Waals surface area contributed by atoms with Gasteiger partial charge in [0.2, 0.25) is 0 Å². The van der Waals surface area contributed by atoms with Gasteiger partial charge in [0.1, 0.15) is 0 Å². The summed E-state index contributed by atoms with van der Waals surface area (Å²) in [5.41, 5.74) is 6.38. The summed E-state index contributed by atoms with van der Waals surface area (Å²) >= 11 is 0.